The molecule has 0 radical (unpaired) electrons. The van der Waals surface area contributed by atoms with E-state index < -0.39 is 0 Å². The molecular formula is C9H18N4. The maximum atomic E-state index is 4.32. The zero-order valence-corrected chi connectivity index (χ0v) is 8.62. The minimum atomic E-state index is 0.396. The van der Waals surface area contributed by atoms with Gasteiger partial charge in [-0.1, -0.05) is 6.92 Å². The Bertz CT molecular complexity index is 242. The number of hydrogen-bond donors (Lipinski definition) is 1. The van der Waals surface area contributed by atoms with Gasteiger partial charge in [-0.15, -0.1) is 0 Å². The first kappa shape index (κ1) is 10.2. The molecule has 0 fully saturated rings. The third kappa shape index (κ3) is 3.14. The summed E-state index contributed by atoms with van der Waals surface area (Å²) in [6, 6.07) is 0.396. The summed E-state index contributed by atoms with van der Waals surface area (Å²) < 4.78 is 1.88. The predicted molar refractivity (Wildman–Crippen MR) is 52.4 cm³/mol. The summed E-state index contributed by atoms with van der Waals surface area (Å²) in [6.45, 7) is 8.13. The van der Waals surface area contributed by atoms with Crippen LogP contribution in [0.2, 0.25) is 0 Å². The molecule has 0 bridgehead atoms. The zero-order chi connectivity index (χ0) is 9.68. The van der Waals surface area contributed by atoms with Crippen molar-refractivity contribution in [3.05, 3.63) is 12.2 Å². The van der Waals surface area contributed by atoms with Crippen LogP contribution in [0.15, 0.2) is 6.33 Å². The Labute approximate surface area is 79.4 Å². The van der Waals surface area contributed by atoms with Crippen molar-refractivity contribution in [2.45, 2.75) is 39.8 Å². The zero-order valence-electron chi connectivity index (χ0n) is 8.62. The maximum absolute atomic E-state index is 4.32. The Morgan fingerprint density at radius 3 is 2.85 bits per heavy atom. The minimum absolute atomic E-state index is 0.396. The SMILES string of the molecule is CCCNCc1ncn(C(C)C)n1. The number of aromatic nitrogens is 3. The molecule has 0 unspecified atom stereocenters. The molecule has 0 saturated heterocycles. The van der Waals surface area contributed by atoms with Gasteiger partial charge in [-0.2, -0.15) is 5.10 Å². The second kappa shape index (κ2) is 4.97. The third-order valence-electron chi connectivity index (χ3n) is 1.79. The smallest absolute Gasteiger partial charge is 0.164 e. The molecule has 4 nitrogen and oxygen atoms in total. The van der Waals surface area contributed by atoms with Gasteiger partial charge < -0.3 is 5.32 Å². The summed E-state index contributed by atoms with van der Waals surface area (Å²) in [5.74, 6) is 0.877. The highest BCUT2D eigenvalue weighted by Crippen LogP contribution is 2.00. The first-order chi connectivity index (χ1) is 6.24. The van der Waals surface area contributed by atoms with Crippen LogP contribution in [0.5, 0.6) is 0 Å². The Kier molecular flexibility index (Phi) is 3.89. The average molecular weight is 182 g/mol. The van der Waals surface area contributed by atoms with Crippen LogP contribution >= 0.6 is 0 Å². The lowest BCUT2D eigenvalue weighted by molar-refractivity contribution is 0.521. The fourth-order valence-electron chi connectivity index (χ4n) is 1.02. The molecule has 0 aliphatic carbocycles. The Balaban J connectivity index is 2.40. The molecule has 0 amide bonds. The second-order valence-corrected chi connectivity index (χ2v) is 3.41. The largest absolute Gasteiger partial charge is 0.310 e. The minimum Gasteiger partial charge on any atom is -0.310 e. The van der Waals surface area contributed by atoms with Crippen molar-refractivity contribution in [1.82, 2.24) is 20.1 Å². The molecule has 0 spiro atoms. The Morgan fingerprint density at radius 2 is 2.31 bits per heavy atom. The van der Waals surface area contributed by atoms with Crippen molar-refractivity contribution in [2.75, 3.05) is 6.54 Å². The van der Waals surface area contributed by atoms with Gasteiger partial charge in [-0.05, 0) is 26.8 Å². The van der Waals surface area contributed by atoms with Crippen LogP contribution in [0.1, 0.15) is 39.1 Å². The van der Waals surface area contributed by atoms with E-state index >= 15 is 0 Å². The summed E-state index contributed by atoms with van der Waals surface area (Å²) in [7, 11) is 0. The van der Waals surface area contributed by atoms with Crippen LogP contribution < -0.4 is 5.32 Å². The van der Waals surface area contributed by atoms with Crippen LogP contribution in [-0.2, 0) is 6.54 Å². The average Bonchev–Trinajstić information content (AvgIpc) is 2.53. The van der Waals surface area contributed by atoms with Crippen molar-refractivity contribution < 1.29 is 0 Å². The van der Waals surface area contributed by atoms with Crippen LogP contribution in [0.3, 0.4) is 0 Å². The van der Waals surface area contributed by atoms with E-state index in [4.69, 9.17) is 0 Å². The lowest BCUT2D eigenvalue weighted by atomic mass is 10.4. The van der Waals surface area contributed by atoms with Crippen molar-refractivity contribution in [3.63, 3.8) is 0 Å². The van der Waals surface area contributed by atoms with Crippen LogP contribution in [0.25, 0.3) is 0 Å². The topological polar surface area (TPSA) is 42.7 Å². The molecule has 0 aliphatic heterocycles. The van der Waals surface area contributed by atoms with E-state index in [1.165, 1.54) is 0 Å². The van der Waals surface area contributed by atoms with Gasteiger partial charge in [0.2, 0.25) is 0 Å². The van der Waals surface area contributed by atoms with E-state index in [-0.39, 0.29) is 0 Å². The van der Waals surface area contributed by atoms with E-state index in [0.29, 0.717) is 6.04 Å². The van der Waals surface area contributed by atoms with E-state index in [0.717, 1.165) is 25.3 Å². The van der Waals surface area contributed by atoms with E-state index in [9.17, 15) is 0 Å². The lowest BCUT2D eigenvalue weighted by Gasteiger charge is -2.02. The number of nitrogens with one attached hydrogen (secondary N) is 1. The molecule has 1 rings (SSSR count). The van der Waals surface area contributed by atoms with E-state index in [2.05, 4.69) is 36.2 Å². The summed E-state index contributed by atoms with van der Waals surface area (Å²) >= 11 is 0. The summed E-state index contributed by atoms with van der Waals surface area (Å²) in [4.78, 5) is 4.20. The van der Waals surface area contributed by atoms with Gasteiger partial charge in [0.15, 0.2) is 5.82 Å². The van der Waals surface area contributed by atoms with Crippen LogP contribution in [-0.4, -0.2) is 21.3 Å². The van der Waals surface area contributed by atoms with Crippen molar-refractivity contribution in [2.24, 2.45) is 0 Å². The quantitative estimate of drug-likeness (QED) is 0.699. The van der Waals surface area contributed by atoms with Gasteiger partial charge in [0.05, 0.1) is 6.54 Å². The van der Waals surface area contributed by atoms with Gasteiger partial charge in [0.1, 0.15) is 6.33 Å². The summed E-state index contributed by atoms with van der Waals surface area (Å²) in [5, 5.41) is 7.59. The van der Waals surface area contributed by atoms with Gasteiger partial charge in [0, 0.05) is 6.04 Å². The summed E-state index contributed by atoms with van der Waals surface area (Å²) in [5.41, 5.74) is 0. The Morgan fingerprint density at radius 1 is 1.54 bits per heavy atom. The van der Waals surface area contributed by atoms with Crippen molar-refractivity contribution >= 4 is 0 Å². The Hall–Kier alpha value is -0.900. The number of hydrogen-bond acceptors (Lipinski definition) is 3. The highest BCUT2D eigenvalue weighted by Gasteiger charge is 2.01. The van der Waals surface area contributed by atoms with Crippen LogP contribution in [0, 0.1) is 0 Å². The van der Waals surface area contributed by atoms with Gasteiger partial charge in [0.25, 0.3) is 0 Å². The molecular weight excluding hydrogens is 164 g/mol. The second-order valence-electron chi connectivity index (χ2n) is 3.41. The standard InChI is InChI=1S/C9H18N4/c1-4-5-10-6-9-11-7-13(12-9)8(2)3/h7-8,10H,4-6H2,1-3H3. The normalized spacial score (nSPS) is 11.1. The lowest BCUT2D eigenvalue weighted by Crippen LogP contribution is -2.15. The molecule has 0 atom stereocenters. The molecule has 1 N–H and O–H groups in total. The molecule has 1 aromatic heterocycles. The van der Waals surface area contributed by atoms with Gasteiger partial charge in [-0.3, -0.25) is 4.68 Å². The van der Waals surface area contributed by atoms with Gasteiger partial charge >= 0.3 is 0 Å². The first-order valence-corrected chi connectivity index (χ1v) is 4.84. The highest BCUT2D eigenvalue weighted by atomic mass is 15.3. The molecule has 4 heteroatoms. The van der Waals surface area contributed by atoms with Crippen molar-refractivity contribution in [3.8, 4) is 0 Å². The molecule has 0 aromatic carbocycles. The number of nitrogens with zero attached hydrogens (tertiary/aromatic N) is 3. The van der Waals surface area contributed by atoms with E-state index in [1.807, 2.05) is 4.68 Å². The predicted octanol–water partition coefficient (Wildman–Crippen LogP) is 1.36. The monoisotopic (exact) mass is 182 g/mol. The van der Waals surface area contributed by atoms with E-state index in [1.54, 1.807) is 6.33 Å². The molecule has 74 valence electrons. The highest BCUT2D eigenvalue weighted by molar-refractivity contribution is 4.81. The number of rotatable bonds is 5. The molecule has 0 saturated carbocycles. The molecule has 1 aromatic rings. The molecule has 0 aliphatic rings. The van der Waals surface area contributed by atoms with Crippen molar-refractivity contribution in [1.29, 1.82) is 0 Å². The third-order valence-corrected chi connectivity index (χ3v) is 1.79. The maximum Gasteiger partial charge on any atom is 0.164 e. The van der Waals surface area contributed by atoms with Crippen LogP contribution in [0.4, 0.5) is 0 Å². The summed E-state index contributed by atoms with van der Waals surface area (Å²) in [6.07, 6.45) is 2.93. The first-order valence-electron chi connectivity index (χ1n) is 4.84. The fourth-order valence-corrected chi connectivity index (χ4v) is 1.02. The molecule has 1 heterocycles. The molecule has 13 heavy (non-hydrogen) atoms. The fraction of sp³-hybridized carbons (Fsp3) is 0.778. The van der Waals surface area contributed by atoms with Gasteiger partial charge in [-0.25, -0.2) is 4.98 Å².